The number of hydrogen-bond donors (Lipinski definition) is 1. The van der Waals surface area contributed by atoms with Crippen LogP contribution in [0.25, 0.3) is 0 Å². The number of nitrogens with one attached hydrogen (secondary N) is 1. The normalized spacial score (nSPS) is 20.1. The number of rotatable bonds is 7. The first kappa shape index (κ1) is 16.2. The summed E-state index contributed by atoms with van der Waals surface area (Å²) in [5, 5.41) is 4.62. The number of fused-ring (bicyclic) bond motifs is 1. The van der Waals surface area contributed by atoms with Crippen molar-refractivity contribution in [3.8, 4) is 0 Å². The lowest BCUT2D eigenvalue weighted by Crippen LogP contribution is -2.31. The van der Waals surface area contributed by atoms with Crippen LogP contribution in [0.3, 0.4) is 0 Å². The third-order valence-electron chi connectivity index (χ3n) is 4.22. The molecule has 112 valence electrons. The van der Waals surface area contributed by atoms with Gasteiger partial charge in [-0.2, -0.15) is 11.8 Å². The van der Waals surface area contributed by atoms with Crippen molar-refractivity contribution in [3.05, 3.63) is 34.3 Å². The lowest BCUT2D eigenvalue weighted by atomic mass is 9.85. The molecule has 1 aromatic carbocycles. The first-order valence-corrected chi connectivity index (χ1v) is 9.32. The van der Waals surface area contributed by atoms with Crippen molar-refractivity contribution in [2.24, 2.45) is 5.41 Å². The van der Waals surface area contributed by atoms with Crippen molar-refractivity contribution in [1.29, 1.82) is 0 Å². The zero-order chi connectivity index (χ0) is 14.6. The fraction of sp³-hybridized carbons (Fsp3) is 0.647. The molecule has 0 heterocycles. The van der Waals surface area contributed by atoms with Crippen molar-refractivity contribution < 1.29 is 0 Å². The molecule has 1 atom stereocenters. The average Bonchev–Trinajstić information content (AvgIpc) is 2.64. The van der Waals surface area contributed by atoms with Crippen LogP contribution in [0.15, 0.2) is 18.2 Å². The molecule has 0 radical (unpaired) electrons. The van der Waals surface area contributed by atoms with Crippen LogP contribution in [0.2, 0.25) is 5.02 Å². The van der Waals surface area contributed by atoms with Crippen LogP contribution in [-0.4, -0.2) is 18.6 Å². The number of halogens is 1. The molecule has 20 heavy (non-hydrogen) atoms. The van der Waals surface area contributed by atoms with E-state index in [9.17, 15) is 0 Å². The maximum Gasteiger partial charge on any atom is 0.0409 e. The fourth-order valence-corrected chi connectivity index (χ4v) is 3.86. The molecule has 0 fully saturated rings. The molecule has 1 N–H and O–H groups in total. The number of benzene rings is 1. The zero-order valence-corrected chi connectivity index (χ0v) is 14.4. The lowest BCUT2D eigenvalue weighted by Gasteiger charge is -2.28. The van der Waals surface area contributed by atoms with E-state index in [-0.39, 0.29) is 5.41 Å². The summed E-state index contributed by atoms with van der Waals surface area (Å²) in [5.74, 6) is 1.29. The van der Waals surface area contributed by atoms with Crippen LogP contribution < -0.4 is 5.32 Å². The molecule has 1 aliphatic rings. The molecule has 0 bridgehead atoms. The van der Waals surface area contributed by atoms with Gasteiger partial charge < -0.3 is 5.32 Å². The van der Waals surface area contributed by atoms with E-state index in [0.717, 1.165) is 18.0 Å². The van der Waals surface area contributed by atoms with Crippen molar-refractivity contribution in [2.45, 2.75) is 45.6 Å². The maximum atomic E-state index is 6.17. The van der Waals surface area contributed by atoms with Crippen LogP contribution in [0.5, 0.6) is 0 Å². The van der Waals surface area contributed by atoms with E-state index in [2.05, 4.69) is 37.6 Å². The highest BCUT2D eigenvalue weighted by Crippen LogP contribution is 2.45. The Morgan fingerprint density at radius 2 is 2.10 bits per heavy atom. The Bertz CT molecular complexity index is 445. The second kappa shape index (κ2) is 7.20. The van der Waals surface area contributed by atoms with Crippen LogP contribution in [-0.2, 0) is 6.42 Å². The predicted octanol–water partition coefficient (Wildman–Crippen LogP) is 5.09. The fourth-order valence-electron chi connectivity index (χ4n) is 3.19. The maximum absolute atomic E-state index is 6.17. The van der Waals surface area contributed by atoms with Crippen LogP contribution in [0.1, 0.15) is 50.3 Å². The minimum Gasteiger partial charge on any atom is -0.309 e. The van der Waals surface area contributed by atoms with Crippen LogP contribution in [0, 0.1) is 5.41 Å². The molecule has 3 heteroatoms. The van der Waals surface area contributed by atoms with Gasteiger partial charge in [0.15, 0.2) is 0 Å². The highest BCUT2D eigenvalue weighted by Gasteiger charge is 2.38. The van der Waals surface area contributed by atoms with E-state index >= 15 is 0 Å². The van der Waals surface area contributed by atoms with Gasteiger partial charge in [-0.3, -0.25) is 0 Å². The quantitative estimate of drug-likeness (QED) is 0.704. The second-order valence-corrected chi connectivity index (χ2v) is 7.87. The highest BCUT2D eigenvalue weighted by atomic mass is 35.5. The van der Waals surface area contributed by atoms with Gasteiger partial charge in [-0.1, -0.05) is 37.9 Å². The summed E-state index contributed by atoms with van der Waals surface area (Å²) in [7, 11) is 0. The van der Waals surface area contributed by atoms with Gasteiger partial charge in [0.1, 0.15) is 0 Å². The molecule has 0 amide bonds. The van der Waals surface area contributed by atoms with Gasteiger partial charge in [0.2, 0.25) is 0 Å². The smallest absolute Gasteiger partial charge is 0.0409 e. The van der Waals surface area contributed by atoms with E-state index in [0.29, 0.717) is 6.04 Å². The Hall–Kier alpha value is -0.180. The van der Waals surface area contributed by atoms with E-state index in [1.165, 1.54) is 36.1 Å². The zero-order valence-electron chi connectivity index (χ0n) is 12.8. The van der Waals surface area contributed by atoms with Gasteiger partial charge in [-0.25, -0.2) is 0 Å². The van der Waals surface area contributed by atoms with Gasteiger partial charge in [-0.15, -0.1) is 0 Å². The van der Waals surface area contributed by atoms with E-state index in [4.69, 9.17) is 11.6 Å². The van der Waals surface area contributed by atoms with Crippen molar-refractivity contribution in [1.82, 2.24) is 5.32 Å². The third kappa shape index (κ3) is 3.93. The molecule has 2 rings (SSSR count). The van der Waals surface area contributed by atoms with Crippen LogP contribution >= 0.6 is 23.4 Å². The van der Waals surface area contributed by atoms with Gasteiger partial charge in [-0.05, 0) is 66.5 Å². The molecule has 0 aromatic heterocycles. The Labute approximate surface area is 132 Å². The van der Waals surface area contributed by atoms with E-state index < -0.39 is 0 Å². The molecule has 1 aromatic rings. The predicted molar refractivity (Wildman–Crippen MR) is 91.9 cm³/mol. The summed E-state index contributed by atoms with van der Waals surface area (Å²) in [6, 6.07) is 6.80. The van der Waals surface area contributed by atoms with Crippen molar-refractivity contribution >= 4 is 23.4 Å². The Morgan fingerprint density at radius 1 is 1.30 bits per heavy atom. The Morgan fingerprint density at radius 3 is 2.85 bits per heavy atom. The first-order valence-electron chi connectivity index (χ1n) is 7.55. The SMILES string of the molecule is CSCCCCCNC1c2cc(Cl)ccc2CC1(C)C. The topological polar surface area (TPSA) is 12.0 Å². The molecule has 1 nitrogen and oxygen atoms in total. The summed E-state index contributed by atoms with van der Waals surface area (Å²) in [6.45, 7) is 5.81. The monoisotopic (exact) mass is 311 g/mol. The van der Waals surface area contributed by atoms with E-state index in [1.54, 1.807) is 0 Å². The summed E-state index contributed by atoms with van der Waals surface area (Å²) in [6.07, 6.45) is 7.25. The first-order chi connectivity index (χ1) is 9.54. The van der Waals surface area contributed by atoms with Gasteiger partial charge in [0, 0.05) is 11.1 Å². The standard InChI is InChI=1S/C17H26ClNS/c1-17(2)12-13-7-8-14(18)11-15(13)16(17)19-9-5-4-6-10-20-3/h7-8,11,16,19H,4-6,9-10,12H2,1-3H3. The minimum atomic E-state index is 0.284. The van der Waals surface area contributed by atoms with Gasteiger partial charge in [0.25, 0.3) is 0 Å². The molecule has 1 unspecified atom stereocenters. The van der Waals surface area contributed by atoms with Gasteiger partial charge >= 0.3 is 0 Å². The summed E-state index contributed by atoms with van der Waals surface area (Å²) in [4.78, 5) is 0. The Balaban J connectivity index is 1.91. The summed E-state index contributed by atoms with van der Waals surface area (Å²) in [5.41, 5.74) is 3.15. The minimum absolute atomic E-state index is 0.284. The Kier molecular flexibility index (Phi) is 5.83. The van der Waals surface area contributed by atoms with Crippen molar-refractivity contribution in [3.63, 3.8) is 0 Å². The summed E-state index contributed by atoms with van der Waals surface area (Å²) < 4.78 is 0. The molecule has 1 aliphatic carbocycles. The molecule has 0 spiro atoms. The number of hydrogen-bond acceptors (Lipinski definition) is 2. The molecule has 0 saturated carbocycles. The number of thioether (sulfide) groups is 1. The largest absolute Gasteiger partial charge is 0.309 e. The third-order valence-corrected chi connectivity index (χ3v) is 5.15. The summed E-state index contributed by atoms with van der Waals surface area (Å²) >= 11 is 8.11. The highest BCUT2D eigenvalue weighted by molar-refractivity contribution is 7.98. The lowest BCUT2D eigenvalue weighted by molar-refractivity contribution is 0.268. The van der Waals surface area contributed by atoms with Crippen molar-refractivity contribution in [2.75, 3.05) is 18.6 Å². The second-order valence-electron chi connectivity index (χ2n) is 6.45. The number of unbranched alkanes of at least 4 members (excludes halogenated alkanes) is 2. The molecular formula is C17H26ClNS. The average molecular weight is 312 g/mol. The molecular weight excluding hydrogens is 286 g/mol. The van der Waals surface area contributed by atoms with E-state index in [1.807, 2.05) is 17.8 Å². The van der Waals surface area contributed by atoms with Gasteiger partial charge in [0.05, 0.1) is 0 Å². The molecule has 0 saturated heterocycles. The van der Waals surface area contributed by atoms with Crippen LogP contribution in [0.4, 0.5) is 0 Å². The molecule has 0 aliphatic heterocycles.